The molecule has 4 rings (SSSR count). The zero-order chi connectivity index (χ0) is 27.3. The van der Waals surface area contributed by atoms with Crippen LogP contribution < -0.4 is 15.4 Å². The number of carbonyl (C=O) groups excluding carboxylic acids is 2. The lowest BCUT2D eigenvalue weighted by Crippen LogP contribution is -2.55. The van der Waals surface area contributed by atoms with E-state index >= 15 is 0 Å². The Kier molecular flexibility index (Phi) is 8.25. The number of carbonyl (C=O) groups is 2. The lowest BCUT2D eigenvalue weighted by atomic mass is 9.57. The van der Waals surface area contributed by atoms with Gasteiger partial charge in [-0.1, -0.05) is 44.0 Å². The number of nitrogens with zero attached hydrogens (tertiary/aromatic N) is 2. The molecule has 1 aromatic carbocycles. The predicted molar refractivity (Wildman–Crippen MR) is 141 cm³/mol. The third-order valence-electron chi connectivity index (χ3n) is 7.96. The predicted octanol–water partition coefficient (Wildman–Crippen LogP) is 5.77. The van der Waals surface area contributed by atoms with Crippen LogP contribution >= 0.6 is 35.3 Å². The van der Waals surface area contributed by atoms with Crippen molar-refractivity contribution in [3.05, 3.63) is 27.7 Å². The normalized spacial score (nSPS) is 32.8. The summed E-state index contributed by atoms with van der Waals surface area (Å²) in [6.45, 7) is 7.32. The summed E-state index contributed by atoms with van der Waals surface area (Å²) in [5.74, 6) is 0.628. The molecule has 1 saturated heterocycles. The Bertz CT molecular complexity index is 1040. The molecule has 3 N–H and O–H groups in total. The number of amides is 2. The Morgan fingerprint density at radius 2 is 1.81 bits per heavy atom. The molecule has 0 radical (unpaired) electrons. The topological polar surface area (TPSA) is 78.7 Å². The van der Waals surface area contributed by atoms with Crippen molar-refractivity contribution in [2.24, 2.45) is 34.8 Å². The summed E-state index contributed by atoms with van der Waals surface area (Å²) in [6.07, 6.45) is -1.16. The molecule has 6 atom stereocenters. The summed E-state index contributed by atoms with van der Waals surface area (Å²) >= 11 is 13.7. The molecule has 2 amide bonds. The number of nitrogens with one attached hydrogen (secondary N) is 1. The van der Waals surface area contributed by atoms with Gasteiger partial charge in [0.2, 0.25) is 11.8 Å². The SMILES string of the molecule is CC1CN(CC(=O)NC2C(C)CC3CC2CC(C)(C(N)=O)C3)SN(c2c(Cl)cc(C(F)(F)F)cc2Cl)C1. The quantitative estimate of drug-likeness (QED) is 0.432. The van der Waals surface area contributed by atoms with Gasteiger partial charge < -0.3 is 11.1 Å². The number of primary amides is 1. The maximum absolute atomic E-state index is 13.2. The standard InChI is InChI=1S/C25H33Cl2F3N4O2S/c1-13-10-33(37-34(11-13)22-18(26)6-17(7-19(22)27)25(28,29)30)12-20(35)32-21-14(2)4-15-5-16(21)9-24(3,8-15)23(31)36/h6-7,13-16,21H,4-5,8-12H2,1-3H3,(H2,31,36)(H,32,35). The van der Waals surface area contributed by atoms with E-state index in [4.69, 9.17) is 28.9 Å². The van der Waals surface area contributed by atoms with Crippen molar-refractivity contribution in [3.8, 4) is 0 Å². The summed E-state index contributed by atoms with van der Waals surface area (Å²) in [4.78, 5) is 25.3. The van der Waals surface area contributed by atoms with Crippen LogP contribution in [0.5, 0.6) is 0 Å². The summed E-state index contributed by atoms with van der Waals surface area (Å²) in [5.41, 5.74) is 4.57. The van der Waals surface area contributed by atoms with Crippen molar-refractivity contribution in [1.29, 1.82) is 0 Å². The Labute approximate surface area is 230 Å². The average Bonchev–Trinajstić information content (AvgIpc) is 2.74. The van der Waals surface area contributed by atoms with Gasteiger partial charge in [0, 0.05) is 36.7 Å². The van der Waals surface area contributed by atoms with Crippen molar-refractivity contribution in [2.45, 2.75) is 58.7 Å². The summed E-state index contributed by atoms with van der Waals surface area (Å²) in [5, 5.41) is 3.04. The largest absolute Gasteiger partial charge is 0.416 e. The molecule has 3 fully saturated rings. The Morgan fingerprint density at radius 3 is 2.41 bits per heavy atom. The molecule has 2 aliphatic carbocycles. The van der Waals surface area contributed by atoms with Gasteiger partial charge in [0.05, 0.1) is 27.8 Å². The second kappa shape index (κ2) is 10.7. The fourth-order valence-electron chi connectivity index (χ4n) is 6.42. The molecule has 206 valence electrons. The zero-order valence-electron chi connectivity index (χ0n) is 21.1. The molecule has 37 heavy (non-hydrogen) atoms. The van der Waals surface area contributed by atoms with Crippen molar-refractivity contribution in [2.75, 3.05) is 23.9 Å². The van der Waals surface area contributed by atoms with Crippen LogP contribution in [-0.2, 0) is 15.8 Å². The highest BCUT2D eigenvalue weighted by Crippen LogP contribution is 2.50. The van der Waals surface area contributed by atoms with E-state index in [9.17, 15) is 22.8 Å². The van der Waals surface area contributed by atoms with Crippen LogP contribution in [-0.4, -0.2) is 41.8 Å². The monoisotopic (exact) mass is 580 g/mol. The van der Waals surface area contributed by atoms with E-state index in [1.807, 2.05) is 18.2 Å². The second-order valence-corrected chi connectivity index (χ2v) is 13.3. The number of fused-ring (bicyclic) bond motifs is 2. The molecule has 1 aromatic rings. The van der Waals surface area contributed by atoms with E-state index in [0.717, 1.165) is 31.4 Å². The maximum Gasteiger partial charge on any atom is 0.416 e. The van der Waals surface area contributed by atoms with Gasteiger partial charge in [-0.2, -0.15) is 13.2 Å². The van der Waals surface area contributed by atoms with Gasteiger partial charge in [-0.3, -0.25) is 13.9 Å². The molecule has 2 saturated carbocycles. The third kappa shape index (κ3) is 6.28. The number of benzene rings is 1. The molecular formula is C25H33Cl2F3N4O2S. The smallest absolute Gasteiger partial charge is 0.369 e. The first kappa shape index (κ1) is 28.6. The second-order valence-electron chi connectivity index (χ2n) is 11.4. The molecule has 6 unspecified atom stereocenters. The molecular weight excluding hydrogens is 548 g/mol. The number of nitrogens with two attached hydrogens (primary N) is 1. The first-order valence-electron chi connectivity index (χ1n) is 12.5. The van der Waals surface area contributed by atoms with Crippen molar-refractivity contribution in [3.63, 3.8) is 0 Å². The minimum Gasteiger partial charge on any atom is -0.369 e. The minimum atomic E-state index is -4.55. The van der Waals surface area contributed by atoms with E-state index in [-0.39, 0.29) is 46.3 Å². The molecule has 12 heteroatoms. The molecule has 3 aliphatic rings. The highest BCUT2D eigenvalue weighted by molar-refractivity contribution is 7.98. The fourth-order valence-corrected chi connectivity index (χ4v) is 8.59. The van der Waals surface area contributed by atoms with Gasteiger partial charge >= 0.3 is 6.18 Å². The zero-order valence-corrected chi connectivity index (χ0v) is 23.4. The van der Waals surface area contributed by atoms with Gasteiger partial charge in [-0.15, -0.1) is 0 Å². The summed E-state index contributed by atoms with van der Waals surface area (Å²) < 4.78 is 43.1. The van der Waals surface area contributed by atoms with Gasteiger partial charge in [-0.25, -0.2) is 4.31 Å². The maximum atomic E-state index is 13.2. The van der Waals surface area contributed by atoms with E-state index < -0.39 is 17.2 Å². The number of rotatable bonds is 5. The number of anilines is 1. The number of alkyl halides is 3. The van der Waals surface area contributed by atoms with Gasteiger partial charge in [0.25, 0.3) is 0 Å². The van der Waals surface area contributed by atoms with E-state index in [2.05, 4.69) is 12.2 Å². The third-order valence-corrected chi connectivity index (χ3v) is 9.57. The number of halogens is 5. The molecule has 1 heterocycles. The minimum absolute atomic E-state index is 0.0372. The van der Waals surface area contributed by atoms with Crippen molar-refractivity contribution < 1.29 is 22.8 Å². The Balaban J connectivity index is 1.43. The first-order valence-corrected chi connectivity index (χ1v) is 14.0. The fraction of sp³-hybridized carbons (Fsp3) is 0.680. The van der Waals surface area contributed by atoms with Crippen LogP contribution in [0.15, 0.2) is 12.1 Å². The highest BCUT2D eigenvalue weighted by atomic mass is 35.5. The van der Waals surface area contributed by atoms with Gasteiger partial charge in [-0.05, 0) is 61.5 Å². The van der Waals surface area contributed by atoms with E-state index in [1.54, 1.807) is 4.31 Å². The van der Waals surface area contributed by atoms with Crippen LogP contribution in [0.4, 0.5) is 18.9 Å². The number of hydrogen-bond donors (Lipinski definition) is 2. The van der Waals surface area contributed by atoms with Crippen LogP contribution in [0.2, 0.25) is 10.0 Å². The van der Waals surface area contributed by atoms with Gasteiger partial charge in [0.1, 0.15) is 0 Å². The van der Waals surface area contributed by atoms with Crippen LogP contribution in [0.25, 0.3) is 0 Å². The lowest BCUT2D eigenvalue weighted by molar-refractivity contribution is -0.137. The van der Waals surface area contributed by atoms with Crippen molar-refractivity contribution >= 4 is 52.8 Å². The van der Waals surface area contributed by atoms with Crippen molar-refractivity contribution in [1.82, 2.24) is 9.62 Å². The average molecular weight is 582 g/mol. The molecule has 2 bridgehead atoms. The van der Waals surface area contributed by atoms with E-state index in [1.165, 1.54) is 12.1 Å². The van der Waals surface area contributed by atoms with Gasteiger partial charge in [0.15, 0.2) is 0 Å². The molecule has 0 spiro atoms. The number of hydrogen-bond acceptors (Lipinski definition) is 5. The van der Waals surface area contributed by atoms with Crippen LogP contribution in [0.3, 0.4) is 0 Å². The molecule has 1 aliphatic heterocycles. The summed E-state index contributed by atoms with van der Waals surface area (Å²) in [7, 11) is 0. The van der Waals surface area contributed by atoms with E-state index in [0.29, 0.717) is 37.0 Å². The first-order chi connectivity index (χ1) is 17.2. The Hall–Kier alpha value is -1.36. The summed E-state index contributed by atoms with van der Waals surface area (Å²) in [6, 6.07) is 1.72. The van der Waals surface area contributed by atoms with Crippen LogP contribution in [0.1, 0.15) is 52.0 Å². The lowest BCUT2D eigenvalue weighted by Gasteiger charge is -2.50. The van der Waals surface area contributed by atoms with Crippen LogP contribution in [0, 0.1) is 29.1 Å². The molecule has 0 aromatic heterocycles. The Morgan fingerprint density at radius 1 is 1.16 bits per heavy atom. The highest BCUT2D eigenvalue weighted by Gasteiger charge is 2.48. The molecule has 6 nitrogen and oxygen atoms in total.